The Morgan fingerprint density at radius 3 is 2.64 bits per heavy atom. The van der Waals surface area contributed by atoms with Gasteiger partial charge in [0.25, 0.3) is 0 Å². The number of carbonyl (C=O) groups excluding carboxylic acids is 2. The van der Waals surface area contributed by atoms with Gasteiger partial charge in [-0.15, -0.1) is 0 Å². The second-order valence-electron chi connectivity index (χ2n) is 5.55. The molecule has 0 aliphatic rings. The molecule has 2 aromatic heterocycles. The van der Waals surface area contributed by atoms with Gasteiger partial charge in [-0.3, -0.25) is 4.79 Å². The number of H-pyrrole nitrogens is 1. The van der Waals surface area contributed by atoms with Gasteiger partial charge in [0.05, 0.1) is 5.02 Å². The molecule has 3 aromatic rings. The summed E-state index contributed by atoms with van der Waals surface area (Å²) in [6, 6.07) is 10.4. The molecule has 0 spiro atoms. The molecule has 0 aliphatic heterocycles. The first-order valence-electron chi connectivity index (χ1n) is 7.53. The largest absolute Gasteiger partial charge is 0.449 e. The fraction of sp³-hybridized carbons (Fsp3) is 0.167. The summed E-state index contributed by atoms with van der Waals surface area (Å²) in [5, 5.41) is 1.01. The smallest absolute Gasteiger partial charge is 0.359 e. The molecule has 1 atom stereocenters. The van der Waals surface area contributed by atoms with Crippen molar-refractivity contribution in [3.8, 4) is 0 Å². The molecule has 0 saturated heterocycles. The number of Topliss-reactive ketones (excluding diaryl/α,β-unsaturated/α-hetero) is 1. The zero-order valence-corrected chi connectivity index (χ0v) is 15.0. The van der Waals surface area contributed by atoms with Crippen LogP contribution in [0.4, 0.5) is 0 Å². The fourth-order valence-corrected chi connectivity index (χ4v) is 2.96. The molecule has 1 aromatic carbocycles. The number of nitrogens with zero attached hydrogens (tertiary/aromatic N) is 1. The molecule has 0 bridgehead atoms. The first kappa shape index (κ1) is 17.5. The second-order valence-corrected chi connectivity index (χ2v) is 6.34. The van der Waals surface area contributed by atoms with Crippen LogP contribution in [0.2, 0.25) is 10.2 Å². The van der Waals surface area contributed by atoms with Gasteiger partial charge in [-0.05, 0) is 32.0 Å². The number of aromatic amines is 1. The Morgan fingerprint density at radius 2 is 1.88 bits per heavy atom. The molecule has 1 N–H and O–H groups in total. The minimum absolute atomic E-state index is 0.109. The number of ketones is 1. The summed E-state index contributed by atoms with van der Waals surface area (Å²) < 4.78 is 5.25. The van der Waals surface area contributed by atoms with Crippen molar-refractivity contribution >= 4 is 45.9 Å². The van der Waals surface area contributed by atoms with Crippen molar-refractivity contribution in [3.05, 3.63) is 63.5 Å². The average Bonchev–Trinajstić information content (AvgIpc) is 2.91. The number of para-hydroxylation sites is 1. The Morgan fingerprint density at radius 1 is 1.16 bits per heavy atom. The van der Waals surface area contributed by atoms with Gasteiger partial charge >= 0.3 is 5.97 Å². The van der Waals surface area contributed by atoms with Crippen LogP contribution in [0.1, 0.15) is 33.5 Å². The van der Waals surface area contributed by atoms with E-state index in [1.807, 2.05) is 24.3 Å². The Bertz CT molecular complexity index is 982. The van der Waals surface area contributed by atoms with E-state index in [-0.39, 0.29) is 21.7 Å². The molecule has 128 valence electrons. The van der Waals surface area contributed by atoms with Gasteiger partial charge < -0.3 is 9.72 Å². The van der Waals surface area contributed by atoms with Crippen LogP contribution in [-0.2, 0) is 4.74 Å². The fourth-order valence-electron chi connectivity index (χ4n) is 2.63. The van der Waals surface area contributed by atoms with Gasteiger partial charge in [-0.1, -0.05) is 41.4 Å². The van der Waals surface area contributed by atoms with Crippen molar-refractivity contribution in [2.24, 2.45) is 0 Å². The van der Waals surface area contributed by atoms with E-state index < -0.39 is 12.1 Å². The maximum absolute atomic E-state index is 12.8. The number of halogens is 2. The highest BCUT2D eigenvalue weighted by molar-refractivity contribution is 6.34. The van der Waals surface area contributed by atoms with Gasteiger partial charge in [0.2, 0.25) is 5.78 Å². The Kier molecular flexibility index (Phi) is 4.79. The number of carbonyl (C=O) groups is 2. The summed E-state index contributed by atoms with van der Waals surface area (Å²) in [6.45, 7) is 3.32. The lowest BCUT2D eigenvalue weighted by Gasteiger charge is -2.13. The molecule has 0 unspecified atom stereocenters. The number of esters is 1. The van der Waals surface area contributed by atoms with E-state index in [1.54, 1.807) is 6.92 Å². The predicted octanol–water partition coefficient (Wildman–Crippen LogP) is 4.61. The number of fused-ring (bicyclic) bond motifs is 1. The molecule has 7 heteroatoms. The van der Waals surface area contributed by atoms with E-state index in [2.05, 4.69) is 9.97 Å². The van der Waals surface area contributed by atoms with Crippen LogP contribution < -0.4 is 0 Å². The van der Waals surface area contributed by atoms with Crippen molar-refractivity contribution in [2.75, 3.05) is 0 Å². The molecule has 3 rings (SSSR count). The zero-order chi connectivity index (χ0) is 18.1. The second kappa shape index (κ2) is 6.86. The third-order valence-corrected chi connectivity index (χ3v) is 4.31. The summed E-state index contributed by atoms with van der Waals surface area (Å²) in [4.78, 5) is 32.1. The average molecular weight is 377 g/mol. The van der Waals surface area contributed by atoms with E-state index in [0.717, 1.165) is 10.9 Å². The Balaban J connectivity index is 1.86. The number of hydrogen-bond donors (Lipinski definition) is 1. The lowest BCUT2D eigenvalue weighted by atomic mass is 10.0. The first-order chi connectivity index (χ1) is 11.9. The number of aromatic nitrogens is 2. The Labute approximate surface area is 153 Å². The van der Waals surface area contributed by atoms with Crippen molar-refractivity contribution in [2.45, 2.75) is 20.0 Å². The SMILES string of the molecule is Cc1[nH]c2ccccc2c1C(=O)[C@@H](C)OC(=O)c1nc(Cl)ccc1Cl. The van der Waals surface area contributed by atoms with E-state index in [1.165, 1.54) is 19.1 Å². The molecular formula is C18H14Cl2N2O3. The van der Waals surface area contributed by atoms with Crippen molar-refractivity contribution in [1.29, 1.82) is 0 Å². The maximum Gasteiger partial charge on any atom is 0.359 e. The third kappa shape index (κ3) is 3.38. The van der Waals surface area contributed by atoms with Crippen molar-refractivity contribution in [1.82, 2.24) is 9.97 Å². The molecule has 0 aliphatic carbocycles. The summed E-state index contributed by atoms with van der Waals surface area (Å²) in [6.07, 6.45) is -0.998. The Hall–Kier alpha value is -2.37. The van der Waals surface area contributed by atoms with E-state index >= 15 is 0 Å². The topological polar surface area (TPSA) is 72.1 Å². The third-order valence-electron chi connectivity index (χ3n) is 3.80. The van der Waals surface area contributed by atoms with E-state index in [9.17, 15) is 9.59 Å². The number of nitrogens with one attached hydrogen (secondary N) is 1. The molecule has 25 heavy (non-hydrogen) atoms. The van der Waals surface area contributed by atoms with Crippen molar-refractivity contribution < 1.29 is 14.3 Å². The highest BCUT2D eigenvalue weighted by atomic mass is 35.5. The molecule has 5 nitrogen and oxygen atoms in total. The molecule has 2 heterocycles. The number of hydrogen-bond acceptors (Lipinski definition) is 4. The van der Waals surface area contributed by atoms with E-state index in [4.69, 9.17) is 27.9 Å². The van der Waals surface area contributed by atoms with Gasteiger partial charge in [0.1, 0.15) is 5.15 Å². The molecule has 0 saturated carbocycles. The summed E-state index contributed by atoms with van der Waals surface area (Å²) in [5.74, 6) is -1.10. The minimum atomic E-state index is -0.998. The maximum atomic E-state index is 12.8. The monoisotopic (exact) mass is 376 g/mol. The van der Waals surface area contributed by atoms with Crippen LogP contribution in [0.15, 0.2) is 36.4 Å². The molecule has 0 fully saturated rings. The molecular weight excluding hydrogens is 363 g/mol. The highest BCUT2D eigenvalue weighted by Crippen LogP contribution is 2.24. The van der Waals surface area contributed by atoms with Gasteiger partial charge in [0, 0.05) is 22.2 Å². The van der Waals surface area contributed by atoms with Crippen LogP contribution in [0, 0.1) is 6.92 Å². The van der Waals surface area contributed by atoms with Gasteiger partial charge in [-0.25, -0.2) is 9.78 Å². The summed E-state index contributed by atoms with van der Waals surface area (Å²) >= 11 is 11.7. The van der Waals surface area contributed by atoms with Gasteiger partial charge in [-0.2, -0.15) is 0 Å². The number of rotatable bonds is 4. The van der Waals surface area contributed by atoms with Crippen LogP contribution in [0.5, 0.6) is 0 Å². The van der Waals surface area contributed by atoms with Crippen LogP contribution >= 0.6 is 23.2 Å². The first-order valence-corrected chi connectivity index (χ1v) is 8.28. The predicted molar refractivity (Wildman–Crippen MR) is 96.5 cm³/mol. The van der Waals surface area contributed by atoms with E-state index in [0.29, 0.717) is 11.3 Å². The van der Waals surface area contributed by atoms with Crippen molar-refractivity contribution in [3.63, 3.8) is 0 Å². The summed E-state index contributed by atoms with van der Waals surface area (Å²) in [5.41, 5.74) is 1.94. The molecule has 0 radical (unpaired) electrons. The van der Waals surface area contributed by atoms with Crippen LogP contribution in [-0.4, -0.2) is 27.8 Å². The van der Waals surface area contributed by atoms with Gasteiger partial charge in [0.15, 0.2) is 11.8 Å². The number of aryl methyl sites for hydroxylation is 1. The number of ether oxygens (including phenoxy) is 1. The summed E-state index contributed by atoms with van der Waals surface area (Å²) in [7, 11) is 0. The lowest BCUT2D eigenvalue weighted by molar-refractivity contribution is 0.0313. The standard InChI is InChI=1S/C18H14Cl2N2O3/c1-9-15(11-5-3-4-6-13(11)21-9)17(23)10(2)25-18(24)16-12(19)7-8-14(20)22-16/h3-8,10,21H,1-2H3/t10-/m1/s1. The number of benzene rings is 1. The zero-order valence-electron chi connectivity index (χ0n) is 13.5. The lowest BCUT2D eigenvalue weighted by Crippen LogP contribution is -2.25. The number of pyridine rings is 1. The van der Waals surface area contributed by atoms with Crippen LogP contribution in [0.3, 0.4) is 0 Å². The minimum Gasteiger partial charge on any atom is -0.449 e. The molecule has 0 amide bonds. The normalized spacial score (nSPS) is 12.2. The highest BCUT2D eigenvalue weighted by Gasteiger charge is 2.26. The quantitative estimate of drug-likeness (QED) is 0.410. The van der Waals surface area contributed by atoms with Crippen LogP contribution in [0.25, 0.3) is 10.9 Å².